The maximum absolute atomic E-state index is 13.2. The first-order chi connectivity index (χ1) is 9.32. The van der Waals surface area contributed by atoms with Crippen LogP contribution in [0.2, 0.25) is 0 Å². The van der Waals surface area contributed by atoms with Gasteiger partial charge in [0, 0.05) is 39.8 Å². The van der Waals surface area contributed by atoms with Crippen molar-refractivity contribution in [2.75, 3.05) is 38.6 Å². The fourth-order valence-corrected chi connectivity index (χ4v) is 3.44. The quantitative estimate of drug-likeness (QED) is 0.765. The predicted molar refractivity (Wildman–Crippen MR) is 75.2 cm³/mol. The van der Waals surface area contributed by atoms with E-state index in [0.717, 1.165) is 0 Å². The monoisotopic (exact) mass is 302 g/mol. The molecule has 2 rings (SSSR count). The van der Waals surface area contributed by atoms with Crippen molar-refractivity contribution in [2.24, 2.45) is 0 Å². The zero-order valence-electron chi connectivity index (χ0n) is 11.8. The van der Waals surface area contributed by atoms with Crippen LogP contribution in [0.3, 0.4) is 0 Å². The van der Waals surface area contributed by atoms with Crippen LogP contribution in [0.5, 0.6) is 0 Å². The van der Waals surface area contributed by atoms with Crippen LogP contribution in [-0.4, -0.2) is 61.8 Å². The number of rotatable bonds is 3. The van der Waals surface area contributed by atoms with Crippen LogP contribution in [0.15, 0.2) is 18.2 Å². The summed E-state index contributed by atoms with van der Waals surface area (Å²) < 4.78 is 40.0. The summed E-state index contributed by atoms with van der Waals surface area (Å²) in [4.78, 5) is 5.77. The van der Waals surface area contributed by atoms with Crippen molar-refractivity contribution < 1.29 is 12.8 Å². The molecule has 1 unspecified atom stereocenters. The smallest absolute Gasteiger partial charge is 0.281 e. The van der Waals surface area contributed by atoms with Crippen molar-refractivity contribution in [1.82, 2.24) is 13.6 Å². The molecule has 1 fully saturated rings. The lowest BCUT2D eigenvalue weighted by molar-refractivity contribution is 0.320. The Bertz CT molecular complexity index is 579. The van der Waals surface area contributed by atoms with Gasteiger partial charge in [0.2, 0.25) is 5.95 Å². The van der Waals surface area contributed by atoms with Gasteiger partial charge < -0.3 is 4.90 Å². The van der Waals surface area contributed by atoms with Gasteiger partial charge in [0.1, 0.15) is 5.82 Å². The van der Waals surface area contributed by atoms with E-state index >= 15 is 0 Å². The van der Waals surface area contributed by atoms with Gasteiger partial charge in [-0.25, -0.2) is 4.98 Å². The highest BCUT2D eigenvalue weighted by molar-refractivity contribution is 7.86. The summed E-state index contributed by atoms with van der Waals surface area (Å²) in [6.45, 7) is 3.12. The van der Waals surface area contributed by atoms with Gasteiger partial charge >= 0.3 is 0 Å². The minimum absolute atomic E-state index is 0.0622. The van der Waals surface area contributed by atoms with Gasteiger partial charge in [-0.1, -0.05) is 6.07 Å². The number of hydrogen-bond acceptors (Lipinski definition) is 4. The normalized spacial score (nSPS) is 21.4. The van der Waals surface area contributed by atoms with Crippen molar-refractivity contribution in [3.8, 4) is 0 Å². The molecule has 2 heterocycles. The van der Waals surface area contributed by atoms with E-state index in [2.05, 4.69) is 4.98 Å². The Morgan fingerprint density at radius 1 is 1.35 bits per heavy atom. The zero-order chi connectivity index (χ0) is 14.9. The molecule has 0 spiro atoms. The van der Waals surface area contributed by atoms with Crippen LogP contribution < -0.4 is 4.90 Å². The SMILES string of the molecule is CC1CN(S(=O)(=O)N(C)C)CCN1c1cccc(F)n1. The maximum atomic E-state index is 13.2. The largest absolute Gasteiger partial charge is 0.351 e. The molecule has 0 saturated carbocycles. The van der Waals surface area contributed by atoms with Crippen molar-refractivity contribution >= 4 is 16.0 Å². The maximum Gasteiger partial charge on any atom is 0.281 e. The summed E-state index contributed by atoms with van der Waals surface area (Å²) in [6, 6.07) is 4.57. The lowest BCUT2D eigenvalue weighted by atomic mass is 10.2. The van der Waals surface area contributed by atoms with Crippen molar-refractivity contribution in [3.63, 3.8) is 0 Å². The second kappa shape index (κ2) is 5.63. The number of piperazine rings is 1. The molecule has 1 aromatic rings. The summed E-state index contributed by atoms with van der Waals surface area (Å²) in [7, 11) is -0.372. The third-order valence-electron chi connectivity index (χ3n) is 3.37. The minimum atomic E-state index is -3.40. The second-order valence-electron chi connectivity index (χ2n) is 5.01. The van der Waals surface area contributed by atoms with Crippen molar-refractivity contribution in [1.29, 1.82) is 0 Å². The standard InChI is InChI=1S/C12H19FN4O2S/c1-10-9-16(20(18,19)15(2)3)7-8-17(10)12-6-4-5-11(13)14-12/h4-6,10H,7-9H2,1-3H3. The Morgan fingerprint density at radius 3 is 2.60 bits per heavy atom. The average molecular weight is 302 g/mol. The molecule has 1 aliphatic heterocycles. The van der Waals surface area contributed by atoms with Crippen molar-refractivity contribution in [2.45, 2.75) is 13.0 Å². The van der Waals surface area contributed by atoms with Crippen LogP contribution in [0.4, 0.5) is 10.2 Å². The number of anilines is 1. The summed E-state index contributed by atoms with van der Waals surface area (Å²) in [6.07, 6.45) is 0. The molecule has 6 nitrogen and oxygen atoms in total. The Balaban J connectivity index is 2.14. The van der Waals surface area contributed by atoms with E-state index in [0.29, 0.717) is 25.5 Å². The number of hydrogen-bond donors (Lipinski definition) is 0. The molecule has 112 valence electrons. The lowest BCUT2D eigenvalue weighted by Crippen LogP contribution is -2.56. The molecule has 1 atom stereocenters. The number of nitrogens with zero attached hydrogens (tertiary/aromatic N) is 4. The Hall–Kier alpha value is -1.25. The predicted octanol–water partition coefficient (Wildman–Crippen LogP) is 0.538. The molecule has 0 aromatic carbocycles. The number of halogens is 1. The highest BCUT2D eigenvalue weighted by Crippen LogP contribution is 2.20. The summed E-state index contributed by atoms with van der Waals surface area (Å²) in [5.74, 6) is 0.0115. The van der Waals surface area contributed by atoms with Crippen LogP contribution in [0.25, 0.3) is 0 Å². The van der Waals surface area contributed by atoms with Gasteiger partial charge in [0.05, 0.1) is 0 Å². The topological polar surface area (TPSA) is 56.8 Å². The Labute approximate surface area is 119 Å². The Kier molecular flexibility index (Phi) is 4.26. The van der Waals surface area contributed by atoms with Gasteiger partial charge in [-0.3, -0.25) is 0 Å². The Morgan fingerprint density at radius 2 is 2.05 bits per heavy atom. The first-order valence-electron chi connectivity index (χ1n) is 6.39. The van der Waals surface area contributed by atoms with E-state index < -0.39 is 16.2 Å². The molecule has 0 bridgehead atoms. The molecule has 20 heavy (non-hydrogen) atoms. The first-order valence-corrected chi connectivity index (χ1v) is 7.79. The molecular weight excluding hydrogens is 283 g/mol. The molecule has 0 radical (unpaired) electrons. The number of aromatic nitrogens is 1. The molecule has 1 saturated heterocycles. The van der Waals surface area contributed by atoms with E-state index in [1.165, 1.54) is 28.8 Å². The van der Waals surface area contributed by atoms with Crippen LogP contribution in [-0.2, 0) is 10.2 Å². The molecule has 1 aromatic heterocycles. The van der Waals surface area contributed by atoms with Crippen LogP contribution in [0.1, 0.15) is 6.92 Å². The zero-order valence-corrected chi connectivity index (χ0v) is 12.6. The average Bonchev–Trinajstić information content (AvgIpc) is 2.38. The summed E-state index contributed by atoms with van der Waals surface area (Å²) in [5, 5.41) is 0. The minimum Gasteiger partial charge on any atom is -0.351 e. The fourth-order valence-electron chi connectivity index (χ4n) is 2.26. The van der Waals surface area contributed by atoms with Crippen LogP contribution >= 0.6 is 0 Å². The number of pyridine rings is 1. The highest BCUT2D eigenvalue weighted by Gasteiger charge is 2.32. The lowest BCUT2D eigenvalue weighted by Gasteiger charge is -2.40. The van der Waals surface area contributed by atoms with E-state index in [1.54, 1.807) is 12.1 Å². The molecule has 1 aliphatic rings. The van der Waals surface area contributed by atoms with Gasteiger partial charge in [0.15, 0.2) is 0 Å². The summed E-state index contributed by atoms with van der Waals surface area (Å²) >= 11 is 0. The molecule has 0 amide bonds. The van der Waals surface area contributed by atoms with E-state index in [1.807, 2.05) is 11.8 Å². The van der Waals surface area contributed by atoms with E-state index in [4.69, 9.17) is 0 Å². The first kappa shape index (κ1) is 15.1. The van der Waals surface area contributed by atoms with Gasteiger partial charge in [-0.05, 0) is 19.1 Å². The third-order valence-corrected chi connectivity index (χ3v) is 5.28. The summed E-state index contributed by atoms with van der Waals surface area (Å²) in [5.41, 5.74) is 0. The van der Waals surface area contributed by atoms with Gasteiger partial charge in [-0.15, -0.1) is 0 Å². The van der Waals surface area contributed by atoms with E-state index in [9.17, 15) is 12.8 Å². The highest BCUT2D eigenvalue weighted by atomic mass is 32.2. The third kappa shape index (κ3) is 2.92. The van der Waals surface area contributed by atoms with Gasteiger partial charge in [-0.2, -0.15) is 21.4 Å². The molecule has 8 heteroatoms. The van der Waals surface area contributed by atoms with Crippen LogP contribution in [0, 0.1) is 5.95 Å². The fraction of sp³-hybridized carbons (Fsp3) is 0.583. The molecule has 0 aliphatic carbocycles. The van der Waals surface area contributed by atoms with E-state index in [-0.39, 0.29) is 6.04 Å². The van der Waals surface area contributed by atoms with Gasteiger partial charge in [0.25, 0.3) is 10.2 Å². The molecule has 0 N–H and O–H groups in total. The second-order valence-corrected chi connectivity index (χ2v) is 7.15. The molecular formula is C12H19FN4O2S. The van der Waals surface area contributed by atoms with Crippen molar-refractivity contribution in [3.05, 3.63) is 24.1 Å².